The molecule has 132 heavy (non-hydrogen) atoms. The molecule has 1 saturated heterocycles. The van der Waals surface area contributed by atoms with Crippen molar-refractivity contribution in [2.75, 3.05) is 64.4 Å². The third-order valence-electron chi connectivity index (χ3n) is 19.0. The van der Waals surface area contributed by atoms with E-state index in [0.29, 0.717) is 5.46 Å². The van der Waals surface area contributed by atoms with Crippen LogP contribution in [0.4, 0.5) is 11.6 Å². The zero-order valence-corrected chi connectivity index (χ0v) is 86.8. The Morgan fingerprint density at radius 3 is 0.795 bits per heavy atom. The van der Waals surface area contributed by atoms with Gasteiger partial charge in [0.05, 0.1) is 56.9 Å². The largest absolute Gasteiger partial charge is 1.00 e. The Balaban J connectivity index is 0.000000234. The van der Waals surface area contributed by atoms with Gasteiger partial charge in [0, 0.05) is 76.5 Å². The average molecular weight is 2030 g/mol. The van der Waals surface area contributed by atoms with Crippen molar-refractivity contribution in [1.29, 1.82) is 0 Å². The molecule has 0 saturated carbocycles. The standard InChI is InChI=1S/4C18H15P.C15H15N3S.C8H6BrNS.C7H11BN2O2.C4H8O2.CH2O3.CH4.2Na.Pd.H/c4*1-4-10-16(11-5-1)19(17-12-6-2-7-13-17)18-14-8-3-9-15-18;1-10-17-13-8-11(4-6-14(13)19-10)12-5-7-15(16-9-12)18(2)3;1-5-10-7-4-6(9)2-3-8(7)11-5;1-10(2)7-4-3-6(5-9-7)8(11)12;1-2-6-4-3-5-1;2-1-4-3;;;;;/h4*1-15H;4-9H,1-3H3;2-4H,1H3;3-5,11-12H,1-2H3;1-4H2;1,3H;1H4;;;;/q;;;;;;;;;;2*+1;;-1/p-1. The van der Waals surface area contributed by atoms with Crippen LogP contribution in [0.1, 0.15) is 18.9 Å². The number of benzene rings is 14. The van der Waals surface area contributed by atoms with Crippen LogP contribution in [0.3, 0.4) is 0 Å². The zero-order chi connectivity index (χ0) is 89.7. The van der Waals surface area contributed by atoms with Crippen molar-refractivity contribution in [2.24, 2.45) is 0 Å². The molecule has 664 valence electrons. The van der Waals surface area contributed by atoms with E-state index in [1.54, 1.807) is 34.8 Å². The van der Waals surface area contributed by atoms with Gasteiger partial charge in [-0.1, -0.05) is 399 Å². The molecule has 1 fully saturated rings. The summed E-state index contributed by atoms with van der Waals surface area (Å²) < 4.78 is 13.5. The summed E-state index contributed by atoms with van der Waals surface area (Å²) in [6, 6.07) is 149. The number of carbonyl (C=O) groups excluding carboxylic acids is 1. The first-order valence-electron chi connectivity index (χ1n) is 41.4. The summed E-state index contributed by atoms with van der Waals surface area (Å²) in [7, 11) is 4.51. The van der Waals surface area contributed by atoms with Crippen molar-refractivity contribution in [1.82, 2.24) is 19.9 Å². The molecule has 14 aromatic carbocycles. The molecule has 13 nitrogen and oxygen atoms in total. The Hall–Kier alpha value is -9.04. The van der Waals surface area contributed by atoms with E-state index < -0.39 is 38.8 Å². The maximum Gasteiger partial charge on any atom is 1.00 e. The molecule has 0 aliphatic carbocycles. The van der Waals surface area contributed by atoms with Crippen LogP contribution < -0.4 is 143 Å². The molecule has 1 aliphatic heterocycles. The summed E-state index contributed by atoms with van der Waals surface area (Å²) in [6.07, 6.45) is 3.36. The number of ether oxygens (including phenoxy) is 2. The number of hydrogen-bond donors (Lipinski definition) is 2. The number of fused-ring (bicyclic) bond motifs is 2. The van der Waals surface area contributed by atoms with E-state index in [4.69, 9.17) is 29.6 Å². The first kappa shape index (κ1) is 110. The molecule has 0 unspecified atom stereocenters. The Morgan fingerprint density at radius 1 is 0.364 bits per heavy atom. The normalized spacial score (nSPS) is 10.7. The van der Waals surface area contributed by atoms with Gasteiger partial charge in [-0.15, -0.1) is 22.7 Å². The molecule has 19 rings (SSSR count). The van der Waals surface area contributed by atoms with Gasteiger partial charge in [0.1, 0.15) is 11.6 Å². The molecular weight excluding hydrogens is 1920 g/mol. The molecule has 0 atom stereocenters. The Bertz CT molecular complexity index is 5250. The zero-order valence-electron chi connectivity index (χ0n) is 75.5. The molecule has 0 amide bonds. The van der Waals surface area contributed by atoms with Gasteiger partial charge < -0.3 is 40.9 Å². The second-order valence-electron chi connectivity index (χ2n) is 28.6. The van der Waals surface area contributed by atoms with E-state index in [2.05, 4.69) is 435 Å². The minimum atomic E-state index is -1.44. The summed E-state index contributed by atoms with van der Waals surface area (Å²) in [4.78, 5) is 32.4. The van der Waals surface area contributed by atoms with Crippen molar-refractivity contribution >= 4 is 185 Å². The third kappa shape index (κ3) is 36.0. The fourth-order valence-electron chi connectivity index (χ4n) is 13.0. The van der Waals surface area contributed by atoms with Crippen LogP contribution in [-0.4, -0.2) is 98.2 Å². The first-order chi connectivity index (χ1) is 62.7. The molecular formula is C108H106BBrN6Na2O7P4PdS2. The maximum absolute atomic E-state index is 8.76. The molecule has 0 spiro atoms. The molecule has 24 heteroatoms. The van der Waals surface area contributed by atoms with Gasteiger partial charge in [0.15, 0.2) is 0 Å². The SMILES string of the molecule is C.C1COCCO1.CN(C)c1ccc(B(O)O)cn1.Cc1nc2cc(-c3ccc(N(C)C)nc3)ccc2s1.Cc1nc2cc(Br)ccc2s1.O=CO[O-].[H-].[Na+].[Na+].[Pd].c1ccc(P(c2ccccc2)c2ccccc2)cc1.c1ccc(P(c2ccccc2)c2ccccc2)cc1.c1ccc(P(c2ccccc2)c2ccccc2)cc1.c1ccc(P(c2ccccc2)c2ccccc2)cc1. The monoisotopic (exact) mass is 2030 g/mol. The predicted octanol–water partition coefficient (Wildman–Crippen LogP) is 12.9. The summed E-state index contributed by atoms with van der Waals surface area (Å²) in [5, 5.41) is 44.9. The predicted molar refractivity (Wildman–Crippen MR) is 560 cm³/mol. The van der Waals surface area contributed by atoms with Gasteiger partial charge >= 0.3 is 66.2 Å². The fourth-order valence-corrected chi connectivity index (χ4v) is 24.2. The molecule has 4 aromatic heterocycles. The number of pyridine rings is 2. The van der Waals surface area contributed by atoms with E-state index >= 15 is 0 Å². The van der Waals surface area contributed by atoms with Gasteiger partial charge in [-0.05, 0) is 163 Å². The maximum atomic E-state index is 8.76. The first-order valence-corrected chi connectivity index (χ1v) is 49.2. The van der Waals surface area contributed by atoms with Gasteiger partial charge in [-0.2, -0.15) is 0 Å². The topological polar surface area (TPSA) is 166 Å². The molecule has 18 aromatic rings. The van der Waals surface area contributed by atoms with Crippen molar-refractivity contribution in [3.8, 4) is 11.1 Å². The minimum Gasteiger partial charge on any atom is -1.00 e. The van der Waals surface area contributed by atoms with Crippen molar-refractivity contribution in [2.45, 2.75) is 21.3 Å². The van der Waals surface area contributed by atoms with Crippen molar-refractivity contribution < 1.29 is 115 Å². The Labute approximate surface area is 859 Å². The number of hydrogen-bond acceptors (Lipinski definition) is 15. The number of aromatic nitrogens is 4. The van der Waals surface area contributed by atoms with E-state index in [1.807, 2.05) is 76.2 Å². The number of halogens is 1. The van der Waals surface area contributed by atoms with Crippen LogP contribution in [0.5, 0.6) is 0 Å². The van der Waals surface area contributed by atoms with Crippen molar-refractivity contribution in [3.05, 3.63) is 452 Å². The van der Waals surface area contributed by atoms with Gasteiger partial charge in [0.2, 0.25) is 0 Å². The van der Waals surface area contributed by atoms with Crippen LogP contribution in [0.2, 0.25) is 0 Å². The average Bonchev–Trinajstić information content (AvgIpc) is 1.77. The Morgan fingerprint density at radius 2 is 0.591 bits per heavy atom. The summed E-state index contributed by atoms with van der Waals surface area (Å²) in [6.45, 7) is 7.00. The van der Waals surface area contributed by atoms with Crippen LogP contribution in [0.15, 0.2) is 442 Å². The van der Waals surface area contributed by atoms with E-state index in [-0.39, 0.29) is 94.9 Å². The van der Waals surface area contributed by atoms with Crippen LogP contribution in [0, 0.1) is 13.8 Å². The fraction of sp³-hybridized carbons (Fsp3) is 0.102. The van der Waals surface area contributed by atoms with E-state index in [9.17, 15) is 0 Å². The van der Waals surface area contributed by atoms with Gasteiger partial charge in [-0.3, -0.25) is 4.79 Å². The van der Waals surface area contributed by atoms with E-state index in [0.717, 1.165) is 74.7 Å². The van der Waals surface area contributed by atoms with Gasteiger partial charge in [-0.25, -0.2) is 19.9 Å². The number of aryl methyl sites for hydroxylation is 2. The van der Waals surface area contributed by atoms with Gasteiger partial charge in [0.25, 0.3) is 6.47 Å². The minimum absolute atomic E-state index is 0. The quantitative estimate of drug-likeness (QED) is 0.0291. The summed E-state index contributed by atoms with van der Waals surface area (Å²) in [5.41, 5.74) is 4.84. The molecule has 0 radical (unpaired) electrons. The smallest absolute Gasteiger partial charge is 1.00 e. The molecule has 5 heterocycles. The second-order valence-corrected chi connectivity index (χ2v) is 40.8. The number of thiazole rings is 2. The molecule has 2 N–H and O–H groups in total. The van der Waals surface area contributed by atoms with E-state index in [1.165, 1.54) is 79.3 Å². The Kier molecular flexibility index (Phi) is 51.5. The van der Waals surface area contributed by atoms with Crippen molar-refractivity contribution in [3.63, 3.8) is 0 Å². The molecule has 1 aliphatic rings. The summed E-state index contributed by atoms with van der Waals surface area (Å²) in [5.74, 6) is 1.76. The van der Waals surface area contributed by atoms with Crippen LogP contribution in [-0.2, 0) is 39.6 Å². The van der Waals surface area contributed by atoms with Crippen LogP contribution >= 0.6 is 70.3 Å². The number of carbonyl (C=O) groups is 1. The number of rotatable bonds is 17. The third-order valence-corrected chi connectivity index (χ3v) is 31.1. The number of anilines is 2. The second kappa shape index (κ2) is 61.8. The number of nitrogens with zero attached hydrogens (tertiary/aromatic N) is 6. The summed E-state index contributed by atoms with van der Waals surface area (Å²) >= 11 is 6.86. The van der Waals surface area contributed by atoms with Crippen LogP contribution in [0.25, 0.3) is 31.6 Å². The molecule has 0 bridgehead atoms.